The Kier molecular flexibility index (Phi) is 12.6. The average molecular weight is 285 g/mol. The van der Waals surface area contributed by atoms with Crippen LogP contribution in [0.15, 0.2) is 0 Å². The highest BCUT2D eigenvalue weighted by Gasteiger charge is 2.18. The Morgan fingerprint density at radius 3 is 2.05 bits per heavy atom. The summed E-state index contributed by atoms with van der Waals surface area (Å²) in [5, 5.41) is 3.89. The number of hydrogen-bond acceptors (Lipinski definition) is 2. The fourth-order valence-corrected chi connectivity index (χ4v) is 2.76. The van der Waals surface area contributed by atoms with Crippen molar-refractivity contribution in [2.24, 2.45) is 17.6 Å². The number of nitrogens with two attached hydrogens (primary N) is 1. The van der Waals surface area contributed by atoms with Crippen LogP contribution in [0.1, 0.15) is 86.0 Å². The van der Waals surface area contributed by atoms with Crippen molar-refractivity contribution in [3.8, 4) is 0 Å². The van der Waals surface area contributed by atoms with Crippen LogP contribution in [0.2, 0.25) is 0 Å². The Balaban J connectivity index is 4.02. The second-order valence-corrected chi connectivity index (χ2v) is 6.92. The molecule has 0 radical (unpaired) electrons. The molecule has 0 heterocycles. The Morgan fingerprint density at radius 1 is 0.850 bits per heavy atom. The summed E-state index contributed by atoms with van der Waals surface area (Å²) in [6.45, 7) is 12.6. The van der Waals surface area contributed by atoms with E-state index in [1.807, 2.05) is 0 Å². The Bertz CT molecular complexity index is 204. The molecule has 0 rings (SSSR count). The monoisotopic (exact) mass is 284 g/mol. The van der Waals surface area contributed by atoms with E-state index in [9.17, 15) is 0 Å². The lowest BCUT2D eigenvalue weighted by atomic mass is 9.92. The van der Waals surface area contributed by atoms with Gasteiger partial charge < -0.3 is 11.1 Å². The summed E-state index contributed by atoms with van der Waals surface area (Å²) in [7, 11) is 0. The van der Waals surface area contributed by atoms with Crippen molar-refractivity contribution >= 4 is 0 Å². The van der Waals surface area contributed by atoms with Crippen molar-refractivity contribution in [3.05, 3.63) is 0 Å². The molecule has 0 aliphatic heterocycles. The molecule has 0 saturated heterocycles. The van der Waals surface area contributed by atoms with Gasteiger partial charge in [-0.05, 0) is 44.6 Å². The van der Waals surface area contributed by atoms with Gasteiger partial charge in [-0.1, -0.05) is 59.8 Å². The third-order valence-electron chi connectivity index (χ3n) is 4.62. The lowest BCUT2D eigenvalue weighted by Gasteiger charge is -2.30. The highest BCUT2D eigenvalue weighted by molar-refractivity contribution is 4.77. The van der Waals surface area contributed by atoms with E-state index in [2.05, 4.69) is 39.9 Å². The van der Waals surface area contributed by atoms with E-state index in [4.69, 9.17) is 5.73 Å². The van der Waals surface area contributed by atoms with E-state index in [-0.39, 0.29) is 0 Å². The maximum Gasteiger partial charge on any atom is 0.00926 e. The molecule has 2 heteroatoms. The van der Waals surface area contributed by atoms with Crippen LogP contribution in [0.3, 0.4) is 0 Å². The molecular weight excluding hydrogens is 244 g/mol. The molecule has 0 saturated carbocycles. The van der Waals surface area contributed by atoms with Gasteiger partial charge >= 0.3 is 0 Å². The highest BCUT2D eigenvalue weighted by Crippen LogP contribution is 2.17. The minimum absolute atomic E-state index is 0.633. The van der Waals surface area contributed by atoms with Gasteiger partial charge in [0.1, 0.15) is 0 Å². The number of hydrogen-bond donors (Lipinski definition) is 2. The van der Waals surface area contributed by atoms with Crippen LogP contribution in [0.4, 0.5) is 0 Å². The minimum Gasteiger partial charge on any atom is -0.330 e. The quantitative estimate of drug-likeness (QED) is 0.480. The predicted octanol–water partition coefficient (Wildman–Crippen LogP) is 4.72. The first kappa shape index (κ1) is 19.9. The predicted molar refractivity (Wildman–Crippen MR) is 92.1 cm³/mol. The molecule has 0 aromatic heterocycles. The Labute approximate surface area is 128 Å². The molecule has 0 aliphatic rings. The summed E-state index contributed by atoms with van der Waals surface area (Å²) in [6.07, 6.45) is 10.5. The first-order chi connectivity index (χ1) is 9.52. The molecule has 0 fully saturated rings. The van der Waals surface area contributed by atoms with E-state index in [1.54, 1.807) is 0 Å². The molecule has 0 aromatic carbocycles. The van der Waals surface area contributed by atoms with Crippen molar-refractivity contribution in [2.45, 2.75) is 98.1 Å². The van der Waals surface area contributed by atoms with Gasteiger partial charge in [0.05, 0.1) is 0 Å². The molecule has 3 unspecified atom stereocenters. The van der Waals surface area contributed by atoms with Crippen molar-refractivity contribution in [2.75, 3.05) is 6.54 Å². The molecule has 0 aromatic rings. The Morgan fingerprint density at radius 2 is 1.50 bits per heavy atom. The van der Waals surface area contributed by atoms with Crippen LogP contribution >= 0.6 is 0 Å². The summed E-state index contributed by atoms with van der Waals surface area (Å²) in [5.41, 5.74) is 5.57. The lowest BCUT2D eigenvalue weighted by molar-refractivity contribution is 0.280. The van der Waals surface area contributed by atoms with Gasteiger partial charge in [-0.3, -0.25) is 0 Å². The van der Waals surface area contributed by atoms with Crippen molar-refractivity contribution in [1.82, 2.24) is 5.32 Å². The zero-order valence-electron chi connectivity index (χ0n) is 14.8. The second-order valence-electron chi connectivity index (χ2n) is 6.92. The summed E-state index contributed by atoms with van der Waals surface area (Å²) in [6, 6.07) is 1.30. The van der Waals surface area contributed by atoms with E-state index in [0.717, 1.165) is 18.4 Å². The number of rotatable bonds is 13. The SMILES string of the molecule is CCCCCC(C)C(C)NC(CCCCCN)C(C)C. The standard InChI is InChI=1S/C18H40N2/c1-6-7-9-12-16(4)17(5)20-18(15(2)3)13-10-8-11-14-19/h15-18,20H,6-14,19H2,1-5H3. The van der Waals surface area contributed by atoms with Gasteiger partial charge in [-0.2, -0.15) is 0 Å². The third-order valence-corrected chi connectivity index (χ3v) is 4.62. The molecule has 2 nitrogen and oxygen atoms in total. The fraction of sp³-hybridized carbons (Fsp3) is 1.00. The molecule has 20 heavy (non-hydrogen) atoms. The van der Waals surface area contributed by atoms with Gasteiger partial charge in [0, 0.05) is 12.1 Å². The summed E-state index contributed by atoms with van der Waals surface area (Å²) >= 11 is 0. The normalized spacial score (nSPS) is 16.4. The van der Waals surface area contributed by atoms with E-state index < -0.39 is 0 Å². The number of nitrogens with one attached hydrogen (secondary N) is 1. The highest BCUT2D eigenvalue weighted by atomic mass is 15.0. The average Bonchev–Trinajstić information content (AvgIpc) is 2.41. The first-order valence-electron chi connectivity index (χ1n) is 8.99. The fourth-order valence-electron chi connectivity index (χ4n) is 2.76. The smallest absolute Gasteiger partial charge is 0.00926 e. The zero-order valence-corrected chi connectivity index (χ0v) is 14.8. The van der Waals surface area contributed by atoms with E-state index in [0.29, 0.717) is 12.1 Å². The van der Waals surface area contributed by atoms with E-state index in [1.165, 1.54) is 51.4 Å². The van der Waals surface area contributed by atoms with Crippen LogP contribution in [0.5, 0.6) is 0 Å². The van der Waals surface area contributed by atoms with Crippen LogP contribution in [-0.4, -0.2) is 18.6 Å². The molecule has 3 atom stereocenters. The van der Waals surface area contributed by atoms with E-state index >= 15 is 0 Å². The van der Waals surface area contributed by atoms with Crippen molar-refractivity contribution in [3.63, 3.8) is 0 Å². The topological polar surface area (TPSA) is 38.0 Å². The summed E-state index contributed by atoms with van der Waals surface area (Å²) in [4.78, 5) is 0. The third kappa shape index (κ3) is 9.77. The van der Waals surface area contributed by atoms with Crippen LogP contribution in [-0.2, 0) is 0 Å². The maximum absolute atomic E-state index is 5.57. The van der Waals surface area contributed by atoms with Gasteiger partial charge in [0.25, 0.3) is 0 Å². The molecule has 122 valence electrons. The van der Waals surface area contributed by atoms with Crippen molar-refractivity contribution in [1.29, 1.82) is 0 Å². The second kappa shape index (κ2) is 12.6. The molecule has 0 amide bonds. The molecule has 0 aliphatic carbocycles. The molecular formula is C18H40N2. The van der Waals surface area contributed by atoms with Gasteiger partial charge in [-0.15, -0.1) is 0 Å². The van der Waals surface area contributed by atoms with Crippen LogP contribution in [0.25, 0.3) is 0 Å². The van der Waals surface area contributed by atoms with Crippen LogP contribution in [0, 0.1) is 11.8 Å². The molecule has 0 spiro atoms. The Hall–Kier alpha value is -0.0800. The van der Waals surface area contributed by atoms with Crippen molar-refractivity contribution < 1.29 is 0 Å². The summed E-state index contributed by atoms with van der Waals surface area (Å²) in [5.74, 6) is 1.50. The lowest BCUT2D eigenvalue weighted by Crippen LogP contribution is -2.43. The zero-order chi connectivity index (χ0) is 15.4. The largest absolute Gasteiger partial charge is 0.330 e. The van der Waals surface area contributed by atoms with Gasteiger partial charge in [-0.25, -0.2) is 0 Å². The minimum atomic E-state index is 0.633. The molecule has 3 N–H and O–H groups in total. The van der Waals surface area contributed by atoms with Crippen LogP contribution < -0.4 is 11.1 Å². The summed E-state index contributed by atoms with van der Waals surface area (Å²) < 4.78 is 0. The van der Waals surface area contributed by atoms with Gasteiger partial charge in [0.2, 0.25) is 0 Å². The molecule has 0 bridgehead atoms. The number of unbranched alkanes of at least 4 members (excludes halogenated alkanes) is 4. The maximum atomic E-state index is 5.57. The van der Waals surface area contributed by atoms with Gasteiger partial charge in [0.15, 0.2) is 0 Å². The first-order valence-corrected chi connectivity index (χ1v) is 8.99.